The van der Waals surface area contributed by atoms with Gasteiger partial charge in [0.25, 0.3) is 0 Å². The summed E-state index contributed by atoms with van der Waals surface area (Å²) in [5.74, 6) is 2.97. The fraction of sp³-hybridized carbons (Fsp3) is 0.615. The minimum Gasteiger partial charge on any atom is -0.495 e. The van der Waals surface area contributed by atoms with Gasteiger partial charge in [0.2, 0.25) is 5.91 Å². The quantitative estimate of drug-likeness (QED) is 0.625. The predicted octanol–water partition coefficient (Wildman–Crippen LogP) is 3.53. The van der Waals surface area contributed by atoms with Gasteiger partial charge < -0.3 is 24.4 Å². The van der Waals surface area contributed by atoms with E-state index in [1.54, 1.807) is 7.11 Å². The molecule has 0 spiro atoms. The normalized spacial score (nSPS) is 21.3. The Bertz CT molecular complexity index is 891. The van der Waals surface area contributed by atoms with Gasteiger partial charge >= 0.3 is 0 Å². The largest absolute Gasteiger partial charge is 0.495 e. The lowest BCUT2D eigenvalue weighted by molar-refractivity contribution is -0.133. The molecule has 2 atom stereocenters. The van der Waals surface area contributed by atoms with Crippen LogP contribution in [0.5, 0.6) is 5.75 Å². The van der Waals surface area contributed by atoms with E-state index in [1.165, 1.54) is 0 Å². The van der Waals surface area contributed by atoms with E-state index in [9.17, 15) is 4.79 Å². The number of unbranched alkanes of at least 4 members (excludes halogenated alkanes) is 1. The van der Waals surface area contributed by atoms with E-state index in [4.69, 9.17) is 9.26 Å². The van der Waals surface area contributed by atoms with E-state index < -0.39 is 0 Å². The highest BCUT2D eigenvalue weighted by Crippen LogP contribution is 2.30. The molecule has 1 N–H and O–H groups in total. The molecule has 1 aromatic carbocycles. The third-order valence-electron chi connectivity index (χ3n) is 7.12. The van der Waals surface area contributed by atoms with Crippen molar-refractivity contribution in [2.75, 3.05) is 51.3 Å². The van der Waals surface area contributed by atoms with Crippen molar-refractivity contribution in [3.05, 3.63) is 41.8 Å². The molecule has 2 fully saturated rings. The molecule has 180 valence electrons. The second-order valence-corrected chi connectivity index (χ2v) is 9.35. The average Bonchev–Trinajstić information content (AvgIpc) is 3.31. The molecule has 2 saturated heterocycles. The monoisotopic (exact) mass is 454 g/mol. The van der Waals surface area contributed by atoms with E-state index in [-0.39, 0.29) is 5.91 Å². The summed E-state index contributed by atoms with van der Waals surface area (Å²) in [6, 6.07) is 10.2. The van der Waals surface area contributed by atoms with Gasteiger partial charge in [-0.1, -0.05) is 30.6 Å². The van der Waals surface area contributed by atoms with Crippen LogP contribution in [-0.4, -0.2) is 62.3 Å². The second kappa shape index (κ2) is 11.5. The van der Waals surface area contributed by atoms with Gasteiger partial charge in [-0.05, 0) is 56.3 Å². The molecular weight excluding hydrogens is 416 g/mol. The van der Waals surface area contributed by atoms with Gasteiger partial charge in [-0.15, -0.1) is 0 Å². The van der Waals surface area contributed by atoms with Gasteiger partial charge in [0, 0.05) is 45.1 Å². The molecule has 0 unspecified atom stereocenters. The number of rotatable bonds is 9. The first-order valence-corrected chi connectivity index (χ1v) is 12.5. The lowest BCUT2D eigenvalue weighted by atomic mass is 9.81. The molecule has 7 heteroatoms. The molecule has 3 heterocycles. The minimum absolute atomic E-state index is 0.287. The first-order valence-electron chi connectivity index (χ1n) is 12.5. The van der Waals surface area contributed by atoms with Crippen LogP contribution in [0, 0.1) is 11.8 Å². The standard InChI is InChI=1S/C26H38N4O3/c1-3-4-7-23-18-22(28-33-23)16-21-19-27-11-10-20(21)17-26(31)30-14-12-29(13-15-30)24-8-5-6-9-25(24)32-2/h5-6,8-9,18,20-21,27H,3-4,7,10-17,19H2,1-2H3/t20-,21+/m0/s1. The Balaban J connectivity index is 1.30. The van der Waals surface area contributed by atoms with Crippen LogP contribution in [0.4, 0.5) is 5.69 Å². The smallest absolute Gasteiger partial charge is 0.222 e. The summed E-state index contributed by atoms with van der Waals surface area (Å²) in [7, 11) is 1.71. The number of methoxy groups -OCH3 is 1. The van der Waals surface area contributed by atoms with Gasteiger partial charge in [0.1, 0.15) is 11.5 Å². The molecule has 0 bridgehead atoms. The van der Waals surface area contributed by atoms with Crippen LogP contribution >= 0.6 is 0 Å². The number of para-hydroxylation sites is 2. The first-order chi connectivity index (χ1) is 16.2. The number of piperidine rings is 1. The minimum atomic E-state index is 0.287. The summed E-state index contributed by atoms with van der Waals surface area (Å²) in [6.07, 6.45) is 5.78. The molecule has 1 amide bonds. The average molecular weight is 455 g/mol. The van der Waals surface area contributed by atoms with Crippen molar-refractivity contribution in [2.45, 2.75) is 45.4 Å². The summed E-state index contributed by atoms with van der Waals surface area (Å²) in [6.45, 7) is 7.30. The molecule has 2 aromatic rings. The Labute approximate surface area is 197 Å². The summed E-state index contributed by atoms with van der Waals surface area (Å²) in [5, 5.41) is 7.82. The molecule has 33 heavy (non-hydrogen) atoms. The Morgan fingerprint density at radius 1 is 1.21 bits per heavy atom. The van der Waals surface area contributed by atoms with Gasteiger partial charge in [-0.3, -0.25) is 4.79 Å². The van der Waals surface area contributed by atoms with Crippen molar-refractivity contribution in [2.24, 2.45) is 11.8 Å². The maximum atomic E-state index is 13.2. The van der Waals surface area contributed by atoms with Crippen molar-refractivity contribution < 1.29 is 14.1 Å². The predicted molar refractivity (Wildman–Crippen MR) is 130 cm³/mol. The fourth-order valence-corrected chi connectivity index (χ4v) is 5.12. The lowest BCUT2D eigenvalue weighted by Gasteiger charge is -2.38. The van der Waals surface area contributed by atoms with Crippen LogP contribution in [-0.2, 0) is 17.6 Å². The van der Waals surface area contributed by atoms with E-state index in [0.29, 0.717) is 18.3 Å². The van der Waals surface area contributed by atoms with Crippen LogP contribution in [0.1, 0.15) is 44.1 Å². The number of hydrogen-bond donors (Lipinski definition) is 1. The van der Waals surface area contributed by atoms with Crippen LogP contribution in [0.15, 0.2) is 34.9 Å². The zero-order valence-corrected chi connectivity index (χ0v) is 20.1. The molecular formula is C26H38N4O3. The summed E-state index contributed by atoms with van der Waals surface area (Å²) < 4.78 is 11.0. The number of carbonyl (C=O) groups excluding carboxylic acids is 1. The highest BCUT2D eigenvalue weighted by Gasteiger charge is 2.31. The number of anilines is 1. The van der Waals surface area contributed by atoms with E-state index in [2.05, 4.69) is 34.4 Å². The molecule has 2 aliphatic heterocycles. The van der Waals surface area contributed by atoms with Gasteiger partial charge in [-0.25, -0.2) is 0 Å². The highest BCUT2D eigenvalue weighted by atomic mass is 16.5. The number of aryl methyl sites for hydroxylation is 1. The number of hydrogen-bond acceptors (Lipinski definition) is 6. The maximum Gasteiger partial charge on any atom is 0.222 e. The number of nitrogens with zero attached hydrogens (tertiary/aromatic N) is 3. The SMILES string of the molecule is CCCCc1cc(C[C@@H]2CNCC[C@H]2CC(=O)N2CCN(c3ccccc3OC)CC2)no1. The van der Waals surface area contributed by atoms with Crippen molar-refractivity contribution in [3.8, 4) is 5.75 Å². The van der Waals surface area contributed by atoms with Gasteiger partial charge in [-0.2, -0.15) is 0 Å². The van der Waals surface area contributed by atoms with Crippen molar-refractivity contribution in [3.63, 3.8) is 0 Å². The van der Waals surface area contributed by atoms with Gasteiger partial charge in [0.15, 0.2) is 0 Å². The number of ether oxygens (including phenoxy) is 1. The molecule has 4 rings (SSSR count). The maximum absolute atomic E-state index is 13.2. The highest BCUT2D eigenvalue weighted by molar-refractivity contribution is 5.77. The number of benzene rings is 1. The Morgan fingerprint density at radius 2 is 2.03 bits per heavy atom. The summed E-state index contributed by atoms with van der Waals surface area (Å²) >= 11 is 0. The van der Waals surface area contributed by atoms with Crippen LogP contribution in [0.2, 0.25) is 0 Å². The summed E-state index contributed by atoms with van der Waals surface area (Å²) in [4.78, 5) is 17.5. The number of nitrogens with one attached hydrogen (secondary N) is 1. The molecule has 0 saturated carbocycles. The second-order valence-electron chi connectivity index (χ2n) is 9.35. The molecule has 0 aliphatic carbocycles. The Hall–Kier alpha value is -2.54. The van der Waals surface area contributed by atoms with Crippen molar-refractivity contribution >= 4 is 11.6 Å². The topological polar surface area (TPSA) is 70.8 Å². The van der Waals surface area contributed by atoms with E-state index >= 15 is 0 Å². The first kappa shape index (κ1) is 23.6. The van der Waals surface area contributed by atoms with Crippen LogP contribution in [0.3, 0.4) is 0 Å². The van der Waals surface area contributed by atoms with E-state index in [1.807, 2.05) is 23.1 Å². The zero-order valence-electron chi connectivity index (χ0n) is 20.1. The third-order valence-corrected chi connectivity index (χ3v) is 7.12. The zero-order chi connectivity index (χ0) is 23.0. The Morgan fingerprint density at radius 3 is 2.82 bits per heavy atom. The molecule has 7 nitrogen and oxygen atoms in total. The van der Waals surface area contributed by atoms with Crippen LogP contribution < -0.4 is 15.0 Å². The fourth-order valence-electron chi connectivity index (χ4n) is 5.12. The Kier molecular flexibility index (Phi) is 8.26. The number of piperazine rings is 1. The number of amides is 1. The van der Waals surface area contributed by atoms with Crippen molar-refractivity contribution in [1.29, 1.82) is 0 Å². The third kappa shape index (κ3) is 6.08. The van der Waals surface area contributed by atoms with Gasteiger partial charge in [0.05, 0.1) is 18.5 Å². The molecule has 0 radical (unpaired) electrons. The lowest BCUT2D eigenvalue weighted by Crippen LogP contribution is -2.50. The summed E-state index contributed by atoms with van der Waals surface area (Å²) in [5.41, 5.74) is 2.13. The van der Waals surface area contributed by atoms with E-state index in [0.717, 1.165) is 94.3 Å². The molecule has 1 aromatic heterocycles. The van der Waals surface area contributed by atoms with Crippen LogP contribution in [0.25, 0.3) is 0 Å². The molecule has 2 aliphatic rings. The van der Waals surface area contributed by atoms with Crippen molar-refractivity contribution in [1.82, 2.24) is 15.4 Å². The number of aromatic nitrogens is 1. The number of carbonyl (C=O) groups is 1.